The van der Waals surface area contributed by atoms with Crippen molar-refractivity contribution in [2.24, 2.45) is 0 Å². The lowest BCUT2D eigenvalue weighted by Crippen LogP contribution is -2.24. The number of carbonyl (C=O) groups excluding carboxylic acids is 1. The molecule has 0 aliphatic rings. The number of nitrogens with zero attached hydrogens (tertiary/aromatic N) is 2. The Hall–Kier alpha value is -4.56. The average Bonchev–Trinajstić information content (AvgIpc) is 3.32. The number of halogens is 3. The summed E-state index contributed by atoms with van der Waals surface area (Å²) in [6, 6.07) is 18.7. The number of amides is 1. The van der Waals surface area contributed by atoms with E-state index in [4.69, 9.17) is 16.7 Å². The number of carbonyl (C=O) groups is 2. The molecule has 0 aliphatic heterocycles. The van der Waals surface area contributed by atoms with Crippen LogP contribution in [0.5, 0.6) is 0 Å². The van der Waals surface area contributed by atoms with Crippen LogP contribution in [0.25, 0.3) is 16.6 Å². The summed E-state index contributed by atoms with van der Waals surface area (Å²) >= 11 is 6.01. The standard InChI is InChI=1S/C29H20ClF2N3O3/c30-23-8-3-17(4-9-23)11-21-15-34-35-16-22(20-7-10-25(31)26(32)13-20)12-24(27(21)35)28(36)33-14-18-1-5-19(6-2-18)29(37)38/h1-10,12-13,15-16H,11,14H2,(H,33,36)(H,37,38). The Balaban J connectivity index is 1.53. The van der Waals surface area contributed by atoms with E-state index in [1.807, 2.05) is 12.1 Å². The van der Waals surface area contributed by atoms with E-state index in [0.717, 1.165) is 23.3 Å². The van der Waals surface area contributed by atoms with Gasteiger partial charge in [-0.2, -0.15) is 5.10 Å². The van der Waals surface area contributed by atoms with Crippen LogP contribution in [0.4, 0.5) is 8.78 Å². The zero-order chi connectivity index (χ0) is 26.8. The molecule has 9 heteroatoms. The predicted molar refractivity (Wildman–Crippen MR) is 139 cm³/mol. The van der Waals surface area contributed by atoms with Crippen LogP contribution < -0.4 is 5.32 Å². The highest BCUT2D eigenvalue weighted by molar-refractivity contribution is 6.30. The van der Waals surface area contributed by atoms with E-state index in [-0.39, 0.29) is 12.1 Å². The van der Waals surface area contributed by atoms with E-state index in [2.05, 4.69) is 10.4 Å². The van der Waals surface area contributed by atoms with Crippen LogP contribution >= 0.6 is 11.6 Å². The molecule has 0 saturated carbocycles. The monoisotopic (exact) mass is 531 g/mol. The molecule has 1 amide bonds. The van der Waals surface area contributed by atoms with E-state index in [1.165, 1.54) is 18.2 Å². The number of hydrogen-bond acceptors (Lipinski definition) is 3. The Labute approximate surface area is 221 Å². The van der Waals surface area contributed by atoms with Gasteiger partial charge >= 0.3 is 5.97 Å². The Bertz CT molecular complexity index is 1670. The van der Waals surface area contributed by atoms with E-state index >= 15 is 0 Å². The van der Waals surface area contributed by atoms with E-state index in [0.29, 0.717) is 39.2 Å². The third kappa shape index (κ3) is 5.26. The fraction of sp³-hybridized carbons (Fsp3) is 0.0690. The maximum Gasteiger partial charge on any atom is 0.335 e. The van der Waals surface area contributed by atoms with Gasteiger partial charge in [0.2, 0.25) is 0 Å². The van der Waals surface area contributed by atoms with E-state index in [1.54, 1.807) is 47.2 Å². The van der Waals surface area contributed by atoms with Crippen LogP contribution in [0.1, 0.15) is 37.4 Å². The van der Waals surface area contributed by atoms with Crippen molar-refractivity contribution in [1.29, 1.82) is 0 Å². The molecule has 190 valence electrons. The maximum atomic E-state index is 14.0. The zero-order valence-electron chi connectivity index (χ0n) is 19.8. The summed E-state index contributed by atoms with van der Waals surface area (Å²) in [6.45, 7) is 0.154. The summed E-state index contributed by atoms with van der Waals surface area (Å²) < 4.78 is 29.1. The predicted octanol–water partition coefficient (Wildman–Crippen LogP) is 6.15. The Morgan fingerprint density at radius 1 is 0.895 bits per heavy atom. The molecule has 0 saturated heterocycles. The molecule has 2 heterocycles. The first kappa shape index (κ1) is 25.1. The number of fused-ring (bicyclic) bond motifs is 1. The third-order valence-electron chi connectivity index (χ3n) is 6.15. The van der Waals surface area contributed by atoms with Crippen LogP contribution in [-0.4, -0.2) is 26.6 Å². The Morgan fingerprint density at radius 3 is 2.29 bits per heavy atom. The van der Waals surface area contributed by atoms with Gasteiger partial charge in [-0.1, -0.05) is 41.9 Å². The van der Waals surface area contributed by atoms with E-state index in [9.17, 15) is 18.4 Å². The average molecular weight is 532 g/mol. The largest absolute Gasteiger partial charge is 0.478 e. The molecular weight excluding hydrogens is 512 g/mol. The number of carboxylic acids is 1. The van der Waals surface area contributed by atoms with Crippen molar-refractivity contribution >= 4 is 29.0 Å². The number of benzene rings is 3. The van der Waals surface area contributed by atoms with Crippen molar-refractivity contribution in [2.75, 3.05) is 0 Å². The normalized spacial score (nSPS) is 11.0. The molecule has 6 nitrogen and oxygen atoms in total. The van der Waals surface area contributed by atoms with Crippen molar-refractivity contribution in [1.82, 2.24) is 14.9 Å². The minimum atomic E-state index is -1.04. The van der Waals surface area contributed by atoms with Crippen LogP contribution in [0.15, 0.2) is 85.2 Å². The Morgan fingerprint density at radius 2 is 1.61 bits per heavy atom. The summed E-state index contributed by atoms with van der Waals surface area (Å²) in [7, 11) is 0. The molecule has 2 aromatic heterocycles. The summed E-state index contributed by atoms with van der Waals surface area (Å²) in [6.07, 6.45) is 3.82. The van der Waals surface area contributed by atoms with Gasteiger partial charge in [0.05, 0.1) is 22.8 Å². The molecule has 3 aromatic carbocycles. The number of carboxylic acid groups (broad SMARTS) is 1. The number of rotatable bonds is 7. The minimum absolute atomic E-state index is 0.145. The van der Waals surface area contributed by atoms with Gasteiger partial charge in [-0.25, -0.2) is 18.1 Å². The van der Waals surface area contributed by atoms with Gasteiger partial charge in [0.15, 0.2) is 11.6 Å². The molecule has 0 atom stereocenters. The molecule has 0 fully saturated rings. The van der Waals surface area contributed by atoms with Crippen molar-refractivity contribution in [3.05, 3.63) is 130 Å². The molecule has 0 unspecified atom stereocenters. The second kappa shape index (κ2) is 10.4. The van der Waals surface area contributed by atoms with Crippen LogP contribution in [0.3, 0.4) is 0 Å². The number of nitrogens with one attached hydrogen (secondary N) is 1. The van der Waals surface area contributed by atoms with Gasteiger partial charge in [0, 0.05) is 35.3 Å². The molecule has 38 heavy (non-hydrogen) atoms. The summed E-state index contributed by atoms with van der Waals surface area (Å²) in [5.41, 5.74) is 4.37. The topological polar surface area (TPSA) is 83.7 Å². The van der Waals surface area contributed by atoms with Gasteiger partial charge in [-0.05, 0) is 59.2 Å². The van der Waals surface area contributed by atoms with Crippen molar-refractivity contribution in [3.8, 4) is 11.1 Å². The second-order valence-corrected chi connectivity index (χ2v) is 9.16. The number of hydrogen-bond donors (Lipinski definition) is 2. The molecule has 5 rings (SSSR count). The molecule has 2 N–H and O–H groups in total. The van der Waals surface area contributed by atoms with Gasteiger partial charge in [-0.3, -0.25) is 4.79 Å². The molecule has 0 aliphatic carbocycles. The van der Waals surface area contributed by atoms with Crippen LogP contribution in [0, 0.1) is 11.6 Å². The summed E-state index contributed by atoms with van der Waals surface area (Å²) in [5, 5.41) is 17.0. The first-order valence-electron chi connectivity index (χ1n) is 11.6. The number of aromatic carboxylic acids is 1. The van der Waals surface area contributed by atoms with Gasteiger partial charge in [0.25, 0.3) is 5.91 Å². The lowest BCUT2D eigenvalue weighted by Gasteiger charge is -2.12. The second-order valence-electron chi connectivity index (χ2n) is 8.72. The maximum absolute atomic E-state index is 14.0. The molecule has 0 spiro atoms. The summed E-state index contributed by atoms with van der Waals surface area (Å²) in [5.74, 6) is -3.40. The summed E-state index contributed by atoms with van der Waals surface area (Å²) in [4.78, 5) is 24.6. The third-order valence-corrected chi connectivity index (χ3v) is 6.40. The van der Waals surface area contributed by atoms with E-state index < -0.39 is 23.5 Å². The highest BCUT2D eigenvalue weighted by Gasteiger charge is 2.19. The highest BCUT2D eigenvalue weighted by Crippen LogP contribution is 2.28. The smallest absolute Gasteiger partial charge is 0.335 e. The number of aromatic nitrogens is 2. The van der Waals surface area contributed by atoms with Gasteiger partial charge in [0.1, 0.15) is 0 Å². The molecule has 0 bridgehead atoms. The Kier molecular flexibility index (Phi) is 6.89. The zero-order valence-corrected chi connectivity index (χ0v) is 20.5. The lowest BCUT2D eigenvalue weighted by atomic mass is 10.0. The first-order valence-corrected chi connectivity index (χ1v) is 12.0. The van der Waals surface area contributed by atoms with Crippen LogP contribution in [-0.2, 0) is 13.0 Å². The number of pyridine rings is 1. The van der Waals surface area contributed by atoms with Crippen molar-refractivity contribution in [2.45, 2.75) is 13.0 Å². The van der Waals surface area contributed by atoms with Crippen molar-refractivity contribution in [3.63, 3.8) is 0 Å². The molecular formula is C29H20ClF2N3O3. The lowest BCUT2D eigenvalue weighted by molar-refractivity contribution is 0.0696. The fourth-order valence-corrected chi connectivity index (χ4v) is 4.31. The molecule has 0 radical (unpaired) electrons. The van der Waals surface area contributed by atoms with Crippen molar-refractivity contribution < 1.29 is 23.5 Å². The van der Waals surface area contributed by atoms with Gasteiger partial charge in [-0.15, -0.1) is 0 Å². The first-order chi connectivity index (χ1) is 18.3. The molecule has 5 aromatic rings. The fourth-order valence-electron chi connectivity index (χ4n) is 4.19. The quantitative estimate of drug-likeness (QED) is 0.264. The van der Waals surface area contributed by atoms with Crippen LogP contribution in [0.2, 0.25) is 5.02 Å². The SMILES string of the molecule is O=C(O)c1ccc(CNC(=O)c2cc(-c3ccc(F)c(F)c3)cn3ncc(Cc4ccc(Cl)cc4)c23)cc1. The highest BCUT2D eigenvalue weighted by atomic mass is 35.5. The minimum Gasteiger partial charge on any atom is -0.478 e. The van der Waals surface area contributed by atoms with Gasteiger partial charge < -0.3 is 10.4 Å².